The van der Waals surface area contributed by atoms with Crippen molar-refractivity contribution in [3.63, 3.8) is 0 Å². The number of rotatable bonds is 6. The van der Waals surface area contributed by atoms with Crippen LogP contribution in [0.1, 0.15) is 18.5 Å². The Balaban J connectivity index is 2.97. The summed E-state index contributed by atoms with van der Waals surface area (Å²) in [5.41, 5.74) is 0.687. The smallest absolute Gasteiger partial charge is 0.333 e. The van der Waals surface area contributed by atoms with Gasteiger partial charge < -0.3 is 14.4 Å². The first-order valence-corrected chi connectivity index (χ1v) is 6.97. The third-order valence-corrected chi connectivity index (χ3v) is 3.35. The summed E-state index contributed by atoms with van der Waals surface area (Å²) in [7, 11) is 2.86. The first-order chi connectivity index (χ1) is 9.51. The number of halogens is 1. The number of amides is 1. The van der Waals surface area contributed by atoms with Gasteiger partial charge >= 0.3 is 5.97 Å². The lowest BCUT2D eigenvalue weighted by Gasteiger charge is -2.26. The van der Waals surface area contributed by atoms with Crippen LogP contribution >= 0.6 is 15.9 Å². The second-order valence-corrected chi connectivity index (χ2v) is 5.03. The molecule has 1 unspecified atom stereocenters. The molecular weight excluding hydrogens is 326 g/mol. The second kappa shape index (κ2) is 8.01. The SMILES string of the molecule is CCOCC(=O)N(C)C(C(=O)OC)c1ccc(Br)cc1. The summed E-state index contributed by atoms with van der Waals surface area (Å²) >= 11 is 3.33. The molecule has 5 nitrogen and oxygen atoms in total. The van der Waals surface area contributed by atoms with Crippen molar-refractivity contribution in [1.82, 2.24) is 4.90 Å². The molecule has 1 atom stereocenters. The number of hydrogen-bond acceptors (Lipinski definition) is 4. The standard InChI is InChI=1S/C14H18BrNO4/c1-4-20-9-12(17)16(2)13(14(18)19-3)10-5-7-11(15)8-6-10/h5-8,13H,4,9H2,1-3H3. The van der Waals surface area contributed by atoms with E-state index in [1.54, 1.807) is 26.1 Å². The fourth-order valence-corrected chi connectivity index (χ4v) is 1.97. The molecule has 0 heterocycles. The van der Waals surface area contributed by atoms with Crippen molar-refractivity contribution >= 4 is 27.8 Å². The molecular formula is C14H18BrNO4. The van der Waals surface area contributed by atoms with Crippen LogP contribution in [0.5, 0.6) is 0 Å². The summed E-state index contributed by atoms with van der Waals surface area (Å²) in [6, 6.07) is 6.39. The number of ether oxygens (including phenoxy) is 2. The Morgan fingerprint density at radius 3 is 2.40 bits per heavy atom. The lowest BCUT2D eigenvalue weighted by molar-refractivity contribution is -0.153. The van der Waals surface area contributed by atoms with E-state index in [9.17, 15) is 9.59 Å². The quantitative estimate of drug-likeness (QED) is 0.742. The predicted octanol–water partition coefficient (Wildman–Crippen LogP) is 2.16. The maximum Gasteiger partial charge on any atom is 0.333 e. The van der Waals surface area contributed by atoms with Gasteiger partial charge in [-0.3, -0.25) is 4.79 Å². The fourth-order valence-electron chi connectivity index (χ4n) is 1.71. The molecule has 0 N–H and O–H groups in total. The predicted molar refractivity (Wildman–Crippen MR) is 78.2 cm³/mol. The van der Waals surface area contributed by atoms with Gasteiger partial charge in [0, 0.05) is 18.1 Å². The maximum atomic E-state index is 12.0. The highest BCUT2D eigenvalue weighted by Crippen LogP contribution is 2.23. The van der Waals surface area contributed by atoms with E-state index in [0.29, 0.717) is 12.2 Å². The summed E-state index contributed by atoms with van der Waals surface area (Å²) < 4.78 is 10.8. The largest absolute Gasteiger partial charge is 0.467 e. The van der Waals surface area contributed by atoms with Gasteiger partial charge in [-0.2, -0.15) is 0 Å². The highest BCUT2D eigenvalue weighted by atomic mass is 79.9. The zero-order valence-corrected chi connectivity index (χ0v) is 13.3. The zero-order chi connectivity index (χ0) is 15.1. The molecule has 6 heteroatoms. The van der Waals surface area contributed by atoms with Crippen LogP contribution in [-0.4, -0.2) is 44.1 Å². The molecule has 0 spiro atoms. The molecule has 1 aromatic carbocycles. The zero-order valence-electron chi connectivity index (χ0n) is 11.8. The number of carbonyl (C=O) groups is 2. The van der Waals surface area contributed by atoms with Gasteiger partial charge in [-0.15, -0.1) is 0 Å². The van der Waals surface area contributed by atoms with Crippen molar-refractivity contribution in [2.24, 2.45) is 0 Å². The molecule has 20 heavy (non-hydrogen) atoms. The van der Waals surface area contributed by atoms with E-state index in [1.165, 1.54) is 12.0 Å². The average molecular weight is 344 g/mol. The number of nitrogens with zero attached hydrogens (tertiary/aromatic N) is 1. The summed E-state index contributed by atoms with van der Waals surface area (Å²) in [5, 5.41) is 0. The molecule has 0 fully saturated rings. The number of benzene rings is 1. The van der Waals surface area contributed by atoms with Gasteiger partial charge in [0.05, 0.1) is 7.11 Å². The number of methoxy groups -OCH3 is 1. The molecule has 110 valence electrons. The van der Waals surface area contributed by atoms with Crippen LogP contribution in [0.3, 0.4) is 0 Å². The normalized spacial score (nSPS) is 11.8. The number of esters is 1. The maximum absolute atomic E-state index is 12.0. The van der Waals surface area contributed by atoms with Gasteiger partial charge in [0.15, 0.2) is 6.04 Å². The summed E-state index contributed by atoms with van der Waals surface area (Å²) in [6.07, 6.45) is 0. The molecule has 0 radical (unpaired) electrons. The van der Waals surface area contributed by atoms with Gasteiger partial charge in [0.25, 0.3) is 0 Å². The van der Waals surface area contributed by atoms with Crippen molar-refractivity contribution in [3.05, 3.63) is 34.3 Å². The molecule has 0 aliphatic carbocycles. The highest BCUT2D eigenvalue weighted by Gasteiger charge is 2.29. The molecule has 0 aliphatic heterocycles. The van der Waals surface area contributed by atoms with Crippen molar-refractivity contribution < 1.29 is 19.1 Å². The molecule has 1 aromatic rings. The van der Waals surface area contributed by atoms with Crippen LogP contribution in [0.25, 0.3) is 0 Å². The van der Waals surface area contributed by atoms with E-state index in [-0.39, 0.29) is 12.5 Å². The van der Waals surface area contributed by atoms with Crippen LogP contribution < -0.4 is 0 Å². The van der Waals surface area contributed by atoms with Crippen LogP contribution in [0.15, 0.2) is 28.7 Å². The molecule has 1 rings (SSSR count). The van der Waals surface area contributed by atoms with Gasteiger partial charge in [-0.05, 0) is 24.6 Å². The second-order valence-electron chi connectivity index (χ2n) is 4.12. The van der Waals surface area contributed by atoms with Gasteiger partial charge in [-0.1, -0.05) is 28.1 Å². The monoisotopic (exact) mass is 343 g/mol. The van der Waals surface area contributed by atoms with Crippen LogP contribution in [0, 0.1) is 0 Å². The van der Waals surface area contributed by atoms with Crippen molar-refractivity contribution in [2.75, 3.05) is 27.4 Å². The number of hydrogen-bond donors (Lipinski definition) is 0. The lowest BCUT2D eigenvalue weighted by Crippen LogP contribution is -2.38. The Morgan fingerprint density at radius 1 is 1.30 bits per heavy atom. The van der Waals surface area contributed by atoms with Gasteiger partial charge in [-0.25, -0.2) is 4.79 Å². The highest BCUT2D eigenvalue weighted by molar-refractivity contribution is 9.10. The third-order valence-electron chi connectivity index (χ3n) is 2.82. The van der Waals surface area contributed by atoms with Gasteiger partial charge in [0.2, 0.25) is 5.91 Å². The molecule has 0 aromatic heterocycles. The summed E-state index contributed by atoms with van der Waals surface area (Å²) in [6.45, 7) is 2.19. The molecule has 1 amide bonds. The first-order valence-electron chi connectivity index (χ1n) is 6.18. The number of likely N-dealkylation sites (N-methyl/N-ethyl adjacent to an activating group) is 1. The molecule has 0 saturated carbocycles. The van der Waals surface area contributed by atoms with Crippen molar-refractivity contribution in [3.8, 4) is 0 Å². The Hall–Kier alpha value is -1.40. The Kier molecular flexibility index (Phi) is 6.67. The Labute approximate surface area is 127 Å². The van der Waals surface area contributed by atoms with Crippen LogP contribution in [-0.2, 0) is 19.1 Å². The fraction of sp³-hybridized carbons (Fsp3) is 0.429. The first kappa shape index (κ1) is 16.7. The van der Waals surface area contributed by atoms with Crippen molar-refractivity contribution in [2.45, 2.75) is 13.0 Å². The van der Waals surface area contributed by atoms with Gasteiger partial charge in [0.1, 0.15) is 6.61 Å². The van der Waals surface area contributed by atoms with E-state index in [2.05, 4.69) is 15.9 Å². The minimum atomic E-state index is -0.777. The van der Waals surface area contributed by atoms with E-state index < -0.39 is 12.0 Å². The third kappa shape index (κ3) is 4.31. The van der Waals surface area contributed by atoms with E-state index >= 15 is 0 Å². The Morgan fingerprint density at radius 2 is 1.90 bits per heavy atom. The Bertz CT molecular complexity index is 461. The van der Waals surface area contributed by atoms with E-state index in [4.69, 9.17) is 9.47 Å². The molecule has 0 bridgehead atoms. The number of carbonyl (C=O) groups excluding carboxylic acids is 2. The minimum Gasteiger partial charge on any atom is -0.467 e. The van der Waals surface area contributed by atoms with E-state index in [0.717, 1.165) is 4.47 Å². The average Bonchev–Trinajstić information content (AvgIpc) is 2.46. The lowest BCUT2D eigenvalue weighted by atomic mass is 10.1. The molecule has 0 saturated heterocycles. The topological polar surface area (TPSA) is 55.8 Å². The molecule has 0 aliphatic rings. The minimum absolute atomic E-state index is 0.0585. The van der Waals surface area contributed by atoms with Crippen molar-refractivity contribution in [1.29, 1.82) is 0 Å². The van der Waals surface area contributed by atoms with Crippen LogP contribution in [0.4, 0.5) is 0 Å². The van der Waals surface area contributed by atoms with Crippen LogP contribution in [0.2, 0.25) is 0 Å². The van der Waals surface area contributed by atoms with E-state index in [1.807, 2.05) is 12.1 Å². The summed E-state index contributed by atoms with van der Waals surface area (Å²) in [5.74, 6) is -0.759. The summed E-state index contributed by atoms with van der Waals surface area (Å²) in [4.78, 5) is 25.3.